The molecule has 0 aromatic heterocycles. The number of carboxylic acid groups (broad SMARTS) is 1. The van der Waals surface area contributed by atoms with Crippen LogP contribution in [0, 0.1) is 11.3 Å². The van der Waals surface area contributed by atoms with Crippen LogP contribution >= 0.6 is 0 Å². The third-order valence-electron chi connectivity index (χ3n) is 4.79. The number of aliphatic carboxylic acids is 1. The molecule has 3 rings (SSSR count). The maximum Gasteiger partial charge on any atom is 0.311 e. The van der Waals surface area contributed by atoms with Gasteiger partial charge in [-0.15, -0.1) is 0 Å². The van der Waals surface area contributed by atoms with Crippen LogP contribution in [0.2, 0.25) is 0 Å². The highest BCUT2D eigenvalue weighted by molar-refractivity contribution is 5.76. The Kier molecular flexibility index (Phi) is 3.52. The topological polar surface area (TPSA) is 72.5 Å². The summed E-state index contributed by atoms with van der Waals surface area (Å²) in [5, 5.41) is 9.68. The summed E-state index contributed by atoms with van der Waals surface area (Å²) in [6, 6.07) is 8.17. The van der Waals surface area contributed by atoms with Crippen molar-refractivity contribution in [2.24, 2.45) is 17.1 Å². The molecule has 0 amide bonds. The zero-order valence-corrected chi connectivity index (χ0v) is 11.5. The van der Waals surface area contributed by atoms with Gasteiger partial charge < -0.3 is 15.6 Å². The smallest absolute Gasteiger partial charge is 0.311 e. The molecule has 20 heavy (non-hydrogen) atoms. The first-order valence-corrected chi connectivity index (χ1v) is 7.30. The van der Waals surface area contributed by atoms with E-state index < -0.39 is 11.4 Å². The first-order chi connectivity index (χ1) is 9.67. The van der Waals surface area contributed by atoms with Crippen LogP contribution in [0.4, 0.5) is 0 Å². The largest absolute Gasteiger partial charge is 0.481 e. The maximum absolute atomic E-state index is 11.8. The van der Waals surface area contributed by atoms with Crippen LogP contribution < -0.4 is 5.73 Å². The van der Waals surface area contributed by atoms with Gasteiger partial charge in [-0.05, 0) is 42.7 Å². The van der Waals surface area contributed by atoms with E-state index >= 15 is 0 Å². The van der Waals surface area contributed by atoms with Crippen LogP contribution in [0.5, 0.6) is 0 Å². The summed E-state index contributed by atoms with van der Waals surface area (Å²) in [6.07, 6.45) is 3.19. The molecule has 4 heteroatoms. The van der Waals surface area contributed by atoms with Gasteiger partial charge in [0.2, 0.25) is 0 Å². The Labute approximate surface area is 118 Å². The first-order valence-electron chi connectivity index (χ1n) is 7.30. The molecular formula is C16H21NO3. The Morgan fingerprint density at radius 3 is 2.80 bits per heavy atom. The maximum atomic E-state index is 11.8. The minimum atomic E-state index is -0.824. The number of ether oxygens (including phenoxy) is 1. The van der Waals surface area contributed by atoms with Crippen molar-refractivity contribution in [2.75, 3.05) is 13.2 Å². The Hall–Kier alpha value is -1.39. The van der Waals surface area contributed by atoms with Crippen molar-refractivity contribution in [1.82, 2.24) is 0 Å². The van der Waals surface area contributed by atoms with Crippen molar-refractivity contribution >= 4 is 5.97 Å². The second kappa shape index (κ2) is 5.19. The quantitative estimate of drug-likeness (QED) is 0.863. The molecule has 1 aliphatic heterocycles. The summed E-state index contributed by atoms with van der Waals surface area (Å²) in [5.74, 6) is -0.558. The zero-order chi connectivity index (χ0) is 14.2. The predicted octanol–water partition coefficient (Wildman–Crippen LogP) is 2.13. The Balaban J connectivity index is 1.88. The van der Waals surface area contributed by atoms with E-state index in [-0.39, 0.29) is 18.6 Å². The lowest BCUT2D eigenvalue weighted by molar-refractivity contribution is -0.153. The lowest BCUT2D eigenvalue weighted by atomic mass is 9.75. The van der Waals surface area contributed by atoms with Crippen molar-refractivity contribution in [2.45, 2.75) is 31.8 Å². The highest BCUT2D eigenvalue weighted by Crippen LogP contribution is 2.51. The fraction of sp³-hybridized carbons (Fsp3) is 0.562. The Morgan fingerprint density at radius 2 is 2.15 bits per heavy atom. The number of fused-ring (bicyclic) bond motifs is 1. The summed E-state index contributed by atoms with van der Waals surface area (Å²) in [6.45, 7) is 0.849. The van der Waals surface area contributed by atoms with E-state index in [9.17, 15) is 9.90 Å². The highest BCUT2D eigenvalue weighted by atomic mass is 16.5. The van der Waals surface area contributed by atoms with Gasteiger partial charge in [0.1, 0.15) is 0 Å². The summed E-state index contributed by atoms with van der Waals surface area (Å²) < 4.78 is 5.87. The second-order valence-electron chi connectivity index (χ2n) is 5.95. The van der Waals surface area contributed by atoms with Crippen LogP contribution in [0.15, 0.2) is 24.3 Å². The molecule has 1 aliphatic carbocycles. The van der Waals surface area contributed by atoms with Crippen LogP contribution in [0.1, 0.15) is 36.5 Å². The minimum Gasteiger partial charge on any atom is -0.481 e. The molecule has 0 spiro atoms. The summed E-state index contributed by atoms with van der Waals surface area (Å²) in [5.41, 5.74) is 7.44. The van der Waals surface area contributed by atoms with Gasteiger partial charge in [0, 0.05) is 6.54 Å². The van der Waals surface area contributed by atoms with Crippen LogP contribution in [-0.4, -0.2) is 24.2 Å². The molecule has 1 saturated carbocycles. The molecular weight excluding hydrogens is 254 g/mol. The lowest BCUT2D eigenvalue weighted by Gasteiger charge is -2.35. The summed E-state index contributed by atoms with van der Waals surface area (Å²) >= 11 is 0. The average molecular weight is 275 g/mol. The molecule has 4 nitrogen and oxygen atoms in total. The minimum absolute atomic E-state index is 0.139. The molecule has 3 N–H and O–H groups in total. The fourth-order valence-electron chi connectivity index (χ4n) is 3.38. The molecule has 1 fully saturated rings. The van der Waals surface area contributed by atoms with Gasteiger partial charge in [0.15, 0.2) is 0 Å². The second-order valence-corrected chi connectivity index (χ2v) is 5.95. The lowest BCUT2D eigenvalue weighted by Crippen LogP contribution is -2.42. The molecule has 2 aliphatic rings. The number of carboxylic acids is 1. The van der Waals surface area contributed by atoms with Gasteiger partial charge in [-0.2, -0.15) is 0 Å². The molecule has 1 heterocycles. The number of rotatable bonds is 5. The SMILES string of the molecule is NCC(CC1OCCc2ccccc21)(C(=O)O)C1CC1. The van der Waals surface area contributed by atoms with Crippen molar-refractivity contribution in [3.8, 4) is 0 Å². The van der Waals surface area contributed by atoms with Gasteiger partial charge >= 0.3 is 5.97 Å². The molecule has 1 aromatic rings. The van der Waals surface area contributed by atoms with Crippen molar-refractivity contribution in [1.29, 1.82) is 0 Å². The summed E-state index contributed by atoms with van der Waals surface area (Å²) in [7, 11) is 0. The average Bonchev–Trinajstić information content (AvgIpc) is 3.29. The highest BCUT2D eigenvalue weighted by Gasteiger charge is 2.51. The van der Waals surface area contributed by atoms with E-state index in [1.165, 1.54) is 5.56 Å². The third kappa shape index (κ3) is 2.23. The van der Waals surface area contributed by atoms with Crippen molar-refractivity contribution in [3.05, 3.63) is 35.4 Å². The van der Waals surface area contributed by atoms with Gasteiger partial charge in [0.25, 0.3) is 0 Å². The predicted molar refractivity (Wildman–Crippen MR) is 75.3 cm³/mol. The van der Waals surface area contributed by atoms with Gasteiger partial charge in [-0.25, -0.2) is 0 Å². The van der Waals surface area contributed by atoms with Crippen molar-refractivity contribution < 1.29 is 14.6 Å². The van der Waals surface area contributed by atoms with Crippen LogP contribution in [0.3, 0.4) is 0 Å². The van der Waals surface area contributed by atoms with Gasteiger partial charge in [0.05, 0.1) is 18.1 Å². The molecule has 0 bridgehead atoms. The van der Waals surface area contributed by atoms with Gasteiger partial charge in [-0.3, -0.25) is 4.79 Å². The molecule has 2 unspecified atom stereocenters. The van der Waals surface area contributed by atoms with Crippen LogP contribution in [-0.2, 0) is 16.0 Å². The number of hydrogen-bond acceptors (Lipinski definition) is 3. The van der Waals surface area contributed by atoms with E-state index in [1.54, 1.807) is 0 Å². The normalized spacial score (nSPS) is 24.8. The number of benzene rings is 1. The van der Waals surface area contributed by atoms with E-state index in [0.717, 1.165) is 24.8 Å². The van der Waals surface area contributed by atoms with Crippen molar-refractivity contribution in [3.63, 3.8) is 0 Å². The number of nitrogens with two attached hydrogens (primary N) is 1. The molecule has 0 radical (unpaired) electrons. The Morgan fingerprint density at radius 1 is 1.40 bits per heavy atom. The monoisotopic (exact) mass is 275 g/mol. The van der Waals surface area contributed by atoms with Gasteiger partial charge in [-0.1, -0.05) is 24.3 Å². The number of hydrogen-bond donors (Lipinski definition) is 2. The standard InChI is InChI=1S/C16H21NO3/c17-10-16(15(18)19,12-5-6-12)9-14-13-4-2-1-3-11(13)7-8-20-14/h1-4,12,14H,5-10,17H2,(H,18,19). The zero-order valence-electron chi connectivity index (χ0n) is 11.5. The summed E-state index contributed by atoms with van der Waals surface area (Å²) in [4.78, 5) is 11.8. The fourth-order valence-corrected chi connectivity index (χ4v) is 3.38. The number of carbonyl (C=O) groups is 1. The van der Waals surface area contributed by atoms with E-state index in [0.29, 0.717) is 13.0 Å². The molecule has 0 saturated heterocycles. The van der Waals surface area contributed by atoms with E-state index in [4.69, 9.17) is 10.5 Å². The molecule has 1 aromatic carbocycles. The van der Waals surface area contributed by atoms with E-state index in [2.05, 4.69) is 12.1 Å². The van der Waals surface area contributed by atoms with Crippen LogP contribution in [0.25, 0.3) is 0 Å². The van der Waals surface area contributed by atoms with E-state index in [1.807, 2.05) is 12.1 Å². The molecule has 2 atom stereocenters. The Bertz CT molecular complexity index is 512. The first kappa shape index (κ1) is 13.6. The molecule has 108 valence electrons. The third-order valence-corrected chi connectivity index (χ3v) is 4.79.